The summed E-state index contributed by atoms with van der Waals surface area (Å²) in [6.45, 7) is 3.57. The SMILES string of the molecule is C=CCNS(=O)(=O)c1ccc(C(=O)Nc2cccc(C#N)c2)cc1. The van der Waals surface area contributed by atoms with Crippen LogP contribution in [0.2, 0.25) is 0 Å². The molecule has 2 N–H and O–H groups in total. The van der Waals surface area contributed by atoms with Gasteiger partial charge in [-0.05, 0) is 42.5 Å². The van der Waals surface area contributed by atoms with Crippen molar-refractivity contribution < 1.29 is 13.2 Å². The number of anilines is 1. The third kappa shape index (κ3) is 4.29. The number of sulfonamides is 1. The highest BCUT2D eigenvalue weighted by atomic mass is 32.2. The van der Waals surface area contributed by atoms with E-state index in [-0.39, 0.29) is 11.4 Å². The Kier molecular flexibility index (Phi) is 5.47. The van der Waals surface area contributed by atoms with E-state index in [4.69, 9.17) is 5.26 Å². The summed E-state index contributed by atoms with van der Waals surface area (Å²) in [4.78, 5) is 12.2. The Morgan fingerprint density at radius 3 is 2.54 bits per heavy atom. The topological polar surface area (TPSA) is 99.1 Å². The quantitative estimate of drug-likeness (QED) is 0.787. The van der Waals surface area contributed by atoms with Gasteiger partial charge in [0.15, 0.2) is 0 Å². The molecule has 0 unspecified atom stereocenters. The number of rotatable bonds is 6. The number of carbonyl (C=O) groups is 1. The number of carbonyl (C=O) groups excluding carboxylic acids is 1. The Hall–Kier alpha value is -2.95. The zero-order valence-electron chi connectivity index (χ0n) is 12.7. The van der Waals surface area contributed by atoms with Crippen molar-refractivity contribution in [3.63, 3.8) is 0 Å². The first-order valence-electron chi connectivity index (χ1n) is 6.98. The molecular formula is C17H15N3O3S. The van der Waals surface area contributed by atoms with Crippen LogP contribution in [0.1, 0.15) is 15.9 Å². The minimum Gasteiger partial charge on any atom is -0.322 e. The molecule has 0 aliphatic rings. The molecule has 1 amide bonds. The number of hydrogen-bond donors (Lipinski definition) is 2. The van der Waals surface area contributed by atoms with E-state index in [9.17, 15) is 13.2 Å². The molecule has 0 radical (unpaired) electrons. The van der Waals surface area contributed by atoms with Crippen LogP contribution in [0.25, 0.3) is 0 Å². The number of nitrogens with zero attached hydrogens (tertiary/aromatic N) is 1. The van der Waals surface area contributed by atoms with Gasteiger partial charge in [-0.3, -0.25) is 4.79 Å². The lowest BCUT2D eigenvalue weighted by molar-refractivity contribution is 0.102. The third-order valence-electron chi connectivity index (χ3n) is 3.09. The van der Waals surface area contributed by atoms with Crippen LogP contribution in [0.4, 0.5) is 5.69 Å². The monoisotopic (exact) mass is 341 g/mol. The molecule has 122 valence electrons. The number of hydrogen-bond acceptors (Lipinski definition) is 4. The summed E-state index contributed by atoms with van der Waals surface area (Å²) in [5, 5.41) is 11.5. The van der Waals surface area contributed by atoms with Crippen molar-refractivity contribution in [2.24, 2.45) is 0 Å². The molecule has 0 aromatic heterocycles. The summed E-state index contributed by atoms with van der Waals surface area (Å²) in [6.07, 6.45) is 1.44. The molecule has 0 fully saturated rings. The average Bonchev–Trinajstić information content (AvgIpc) is 2.60. The fourth-order valence-electron chi connectivity index (χ4n) is 1.91. The van der Waals surface area contributed by atoms with Crippen molar-refractivity contribution in [1.82, 2.24) is 4.72 Å². The first-order valence-corrected chi connectivity index (χ1v) is 8.47. The molecular weight excluding hydrogens is 326 g/mol. The molecule has 0 spiro atoms. The van der Waals surface area contributed by atoms with E-state index in [1.807, 2.05) is 6.07 Å². The average molecular weight is 341 g/mol. The minimum atomic E-state index is -3.62. The fourth-order valence-corrected chi connectivity index (χ4v) is 2.91. The second-order valence-electron chi connectivity index (χ2n) is 4.81. The van der Waals surface area contributed by atoms with Crippen LogP contribution in [0.15, 0.2) is 66.1 Å². The van der Waals surface area contributed by atoms with Crippen molar-refractivity contribution in [1.29, 1.82) is 5.26 Å². The maximum Gasteiger partial charge on any atom is 0.255 e. The van der Waals surface area contributed by atoms with Gasteiger partial charge in [-0.1, -0.05) is 12.1 Å². The van der Waals surface area contributed by atoms with Crippen LogP contribution in [0, 0.1) is 11.3 Å². The first kappa shape index (κ1) is 17.4. The smallest absolute Gasteiger partial charge is 0.255 e. The Labute approximate surface area is 140 Å². The van der Waals surface area contributed by atoms with E-state index in [1.54, 1.807) is 24.3 Å². The van der Waals surface area contributed by atoms with Crippen molar-refractivity contribution in [2.75, 3.05) is 11.9 Å². The molecule has 0 saturated carbocycles. The lowest BCUT2D eigenvalue weighted by Gasteiger charge is -2.07. The van der Waals surface area contributed by atoms with Crippen LogP contribution >= 0.6 is 0 Å². The van der Waals surface area contributed by atoms with Gasteiger partial charge in [-0.2, -0.15) is 5.26 Å². The molecule has 0 saturated heterocycles. The standard InChI is InChI=1S/C17H15N3O3S/c1-2-10-19-24(22,23)16-8-6-14(7-9-16)17(21)20-15-5-3-4-13(11-15)12-18/h2-9,11,19H,1,10H2,(H,20,21). The lowest BCUT2D eigenvalue weighted by Crippen LogP contribution is -2.23. The summed E-state index contributed by atoms with van der Waals surface area (Å²) in [7, 11) is -3.62. The van der Waals surface area contributed by atoms with Crippen LogP contribution < -0.4 is 10.0 Å². The highest BCUT2D eigenvalue weighted by Gasteiger charge is 2.14. The van der Waals surface area contributed by atoms with E-state index in [2.05, 4.69) is 16.6 Å². The molecule has 0 aliphatic carbocycles. The van der Waals surface area contributed by atoms with E-state index < -0.39 is 15.9 Å². The van der Waals surface area contributed by atoms with Gasteiger partial charge >= 0.3 is 0 Å². The molecule has 0 heterocycles. The minimum absolute atomic E-state index is 0.0624. The normalized spacial score (nSPS) is 10.6. The van der Waals surface area contributed by atoms with Crippen LogP contribution in [0.5, 0.6) is 0 Å². The van der Waals surface area contributed by atoms with E-state index in [0.29, 0.717) is 16.8 Å². The summed E-state index contributed by atoms with van der Waals surface area (Å²) in [5.74, 6) is -0.395. The Balaban J connectivity index is 2.14. The van der Waals surface area contributed by atoms with Crippen molar-refractivity contribution in [2.45, 2.75) is 4.90 Å². The summed E-state index contributed by atoms with van der Waals surface area (Å²) in [5.41, 5.74) is 1.23. The second-order valence-corrected chi connectivity index (χ2v) is 6.58. The largest absolute Gasteiger partial charge is 0.322 e. The molecule has 2 aromatic rings. The zero-order valence-corrected chi connectivity index (χ0v) is 13.5. The molecule has 24 heavy (non-hydrogen) atoms. The number of amides is 1. The van der Waals surface area contributed by atoms with Gasteiger partial charge in [0, 0.05) is 17.8 Å². The Morgan fingerprint density at radius 1 is 1.21 bits per heavy atom. The fraction of sp³-hybridized carbons (Fsp3) is 0.0588. The van der Waals surface area contributed by atoms with Gasteiger partial charge in [0.05, 0.1) is 16.5 Å². The van der Waals surface area contributed by atoms with Crippen molar-refractivity contribution in [3.05, 3.63) is 72.3 Å². The molecule has 2 aromatic carbocycles. The van der Waals surface area contributed by atoms with Gasteiger partial charge in [-0.25, -0.2) is 13.1 Å². The maximum atomic E-state index is 12.2. The highest BCUT2D eigenvalue weighted by Crippen LogP contribution is 2.14. The van der Waals surface area contributed by atoms with E-state index in [0.717, 1.165) is 0 Å². The van der Waals surface area contributed by atoms with Gasteiger partial charge < -0.3 is 5.32 Å². The predicted octanol–water partition coefficient (Wildman–Crippen LogP) is 2.27. The number of nitrogens with one attached hydrogen (secondary N) is 2. The number of benzene rings is 2. The van der Waals surface area contributed by atoms with Crippen LogP contribution in [-0.4, -0.2) is 20.9 Å². The van der Waals surface area contributed by atoms with Gasteiger partial charge in [0.2, 0.25) is 10.0 Å². The molecule has 0 bridgehead atoms. The summed E-state index contributed by atoms with van der Waals surface area (Å²) >= 11 is 0. The van der Waals surface area contributed by atoms with Crippen LogP contribution in [-0.2, 0) is 10.0 Å². The van der Waals surface area contributed by atoms with Crippen LogP contribution in [0.3, 0.4) is 0 Å². The first-order chi connectivity index (χ1) is 11.5. The zero-order chi connectivity index (χ0) is 17.6. The van der Waals surface area contributed by atoms with E-state index in [1.165, 1.54) is 30.3 Å². The third-order valence-corrected chi connectivity index (χ3v) is 4.53. The Bertz CT molecular complexity index is 897. The van der Waals surface area contributed by atoms with Crippen molar-refractivity contribution >= 4 is 21.6 Å². The Morgan fingerprint density at radius 2 is 1.92 bits per heavy atom. The molecule has 2 rings (SSSR count). The molecule has 0 atom stereocenters. The molecule has 0 aliphatic heterocycles. The molecule has 7 heteroatoms. The van der Waals surface area contributed by atoms with Gasteiger partial charge in [0.1, 0.15) is 0 Å². The summed E-state index contributed by atoms with van der Waals surface area (Å²) < 4.78 is 26.2. The highest BCUT2D eigenvalue weighted by molar-refractivity contribution is 7.89. The van der Waals surface area contributed by atoms with E-state index >= 15 is 0 Å². The van der Waals surface area contributed by atoms with Gasteiger partial charge in [0.25, 0.3) is 5.91 Å². The maximum absolute atomic E-state index is 12.2. The lowest BCUT2D eigenvalue weighted by atomic mass is 10.2. The molecule has 6 nitrogen and oxygen atoms in total. The van der Waals surface area contributed by atoms with Crippen molar-refractivity contribution in [3.8, 4) is 6.07 Å². The van der Waals surface area contributed by atoms with Gasteiger partial charge in [-0.15, -0.1) is 6.58 Å². The predicted molar refractivity (Wildman–Crippen MR) is 90.9 cm³/mol. The summed E-state index contributed by atoms with van der Waals surface area (Å²) in [6, 6.07) is 14.0. The number of nitriles is 1. The second kappa shape index (κ2) is 7.55.